The standard InChI is InChI=1S/C18H15N3O2S/c1-12(22)20-14-7-9-15(10-8-14)21-18(23)16-17(24-11-19-16)13-5-3-2-4-6-13/h2-11H,1H3,(H,20,22)(H,21,23). The zero-order valence-corrected chi connectivity index (χ0v) is 13.8. The summed E-state index contributed by atoms with van der Waals surface area (Å²) in [5.41, 5.74) is 4.35. The van der Waals surface area contributed by atoms with Gasteiger partial charge >= 0.3 is 0 Å². The molecule has 0 unspecified atom stereocenters. The minimum absolute atomic E-state index is 0.137. The number of amides is 2. The maximum atomic E-state index is 12.5. The number of rotatable bonds is 4. The molecule has 3 aromatic rings. The van der Waals surface area contributed by atoms with Crippen molar-refractivity contribution in [2.75, 3.05) is 10.6 Å². The molecule has 0 saturated heterocycles. The molecule has 0 fully saturated rings. The number of nitrogens with zero attached hydrogens (tertiary/aromatic N) is 1. The van der Waals surface area contributed by atoms with Crippen molar-refractivity contribution in [2.24, 2.45) is 0 Å². The van der Waals surface area contributed by atoms with Crippen LogP contribution in [0.15, 0.2) is 60.1 Å². The Bertz CT molecular complexity index is 857. The second-order valence-electron chi connectivity index (χ2n) is 5.11. The average molecular weight is 337 g/mol. The van der Waals surface area contributed by atoms with E-state index in [1.165, 1.54) is 18.3 Å². The molecule has 24 heavy (non-hydrogen) atoms. The molecule has 1 heterocycles. The van der Waals surface area contributed by atoms with Gasteiger partial charge in [-0.05, 0) is 29.8 Å². The Morgan fingerprint density at radius 3 is 2.17 bits per heavy atom. The van der Waals surface area contributed by atoms with E-state index in [2.05, 4.69) is 15.6 Å². The van der Waals surface area contributed by atoms with Gasteiger partial charge in [0.25, 0.3) is 5.91 Å². The predicted molar refractivity (Wildman–Crippen MR) is 96.2 cm³/mol. The summed E-state index contributed by atoms with van der Waals surface area (Å²) in [5.74, 6) is -0.399. The van der Waals surface area contributed by atoms with E-state index in [1.807, 2.05) is 30.3 Å². The fourth-order valence-corrected chi connectivity index (χ4v) is 3.03. The van der Waals surface area contributed by atoms with E-state index in [9.17, 15) is 9.59 Å². The van der Waals surface area contributed by atoms with Gasteiger partial charge in [0.15, 0.2) is 0 Å². The molecule has 0 aliphatic rings. The van der Waals surface area contributed by atoms with E-state index in [-0.39, 0.29) is 11.8 Å². The van der Waals surface area contributed by atoms with Crippen molar-refractivity contribution in [2.45, 2.75) is 6.92 Å². The summed E-state index contributed by atoms with van der Waals surface area (Å²) in [7, 11) is 0. The first-order valence-corrected chi connectivity index (χ1v) is 8.19. The summed E-state index contributed by atoms with van der Waals surface area (Å²) in [5, 5.41) is 5.51. The number of carbonyl (C=O) groups is 2. The van der Waals surface area contributed by atoms with Crippen molar-refractivity contribution in [3.05, 3.63) is 65.8 Å². The molecule has 0 atom stereocenters. The lowest BCUT2D eigenvalue weighted by Gasteiger charge is -2.07. The summed E-state index contributed by atoms with van der Waals surface area (Å²) in [6, 6.07) is 16.6. The molecule has 3 rings (SSSR count). The number of anilines is 2. The quantitative estimate of drug-likeness (QED) is 0.755. The number of benzene rings is 2. The van der Waals surface area contributed by atoms with Gasteiger partial charge < -0.3 is 10.6 Å². The molecule has 0 radical (unpaired) electrons. The Kier molecular flexibility index (Phi) is 4.67. The van der Waals surface area contributed by atoms with Crippen molar-refractivity contribution in [1.82, 2.24) is 4.98 Å². The van der Waals surface area contributed by atoms with Crippen LogP contribution in [0.3, 0.4) is 0 Å². The lowest BCUT2D eigenvalue weighted by atomic mass is 10.1. The van der Waals surface area contributed by atoms with Crippen molar-refractivity contribution in [1.29, 1.82) is 0 Å². The van der Waals surface area contributed by atoms with Gasteiger partial charge in [-0.25, -0.2) is 4.98 Å². The summed E-state index contributed by atoms with van der Waals surface area (Å²) in [6.07, 6.45) is 0. The Hall–Kier alpha value is -2.99. The molecule has 0 aliphatic heterocycles. The lowest BCUT2D eigenvalue weighted by Crippen LogP contribution is -2.13. The number of hydrogen-bond donors (Lipinski definition) is 2. The number of carbonyl (C=O) groups excluding carboxylic acids is 2. The second-order valence-corrected chi connectivity index (χ2v) is 5.96. The fraction of sp³-hybridized carbons (Fsp3) is 0.0556. The molecule has 120 valence electrons. The molecule has 0 saturated carbocycles. The Balaban J connectivity index is 1.76. The van der Waals surface area contributed by atoms with E-state index in [4.69, 9.17) is 0 Å². The van der Waals surface area contributed by atoms with Gasteiger partial charge in [-0.1, -0.05) is 30.3 Å². The van der Waals surface area contributed by atoms with E-state index < -0.39 is 0 Å². The van der Waals surface area contributed by atoms with Crippen molar-refractivity contribution in [3.63, 3.8) is 0 Å². The van der Waals surface area contributed by atoms with Gasteiger partial charge in [-0.15, -0.1) is 11.3 Å². The van der Waals surface area contributed by atoms with Gasteiger partial charge in [0.1, 0.15) is 5.69 Å². The van der Waals surface area contributed by atoms with Crippen molar-refractivity contribution >= 4 is 34.5 Å². The second kappa shape index (κ2) is 7.06. The first-order valence-electron chi connectivity index (χ1n) is 7.31. The normalized spacial score (nSPS) is 10.2. The topological polar surface area (TPSA) is 71.1 Å². The third kappa shape index (κ3) is 3.67. The van der Waals surface area contributed by atoms with Crippen LogP contribution in [0, 0.1) is 0 Å². The highest BCUT2D eigenvalue weighted by molar-refractivity contribution is 7.13. The average Bonchev–Trinajstić information content (AvgIpc) is 3.07. The highest BCUT2D eigenvalue weighted by Crippen LogP contribution is 2.28. The van der Waals surface area contributed by atoms with Crippen LogP contribution in [-0.2, 0) is 4.79 Å². The smallest absolute Gasteiger partial charge is 0.275 e. The lowest BCUT2D eigenvalue weighted by molar-refractivity contribution is -0.114. The maximum Gasteiger partial charge on any atom is 0.275 e. The van der Waals surface area contributed by atoms with Crippen LogP contribution in [-0.4, -0.2) is 16.8 Å². The highest BCUT2D eigenvalue weighted by Gasteiger charge is 2.16. The Labute approximate surface area is 143 Å². The van der Waals surface area contributed by atoms with E-state index in [0.29, 0.717) is 17.1 Å². The van der Waals surface area contributed by atoms with Crippen LogP contribution in [0.25, 0.3) is 10.4 Å². The van der Waals surface area contributed by atoms with Crippen LogP contribution < -0.4 is 10.6 Å². The molecule has 2 amide bonds. The predicted octanol–water partition coefficient (Wildman–Crippen LogP) is 4.02. The van der Waals surface area contributed by atoms with Gasteiger partial charge in [0.05, 0.1) is 10.4 Å². The Morgan fingerprint density at radius 2 is 1.54 bits per heavy atom. The monoisotopic (exact) mass is 337 g/mol. The zero-order chi connectivity index (χ0) is 16.9. The molecular weight excluding hydrogens is 322 g/mol. The van der Waals surface area contributed by atoms with E-state index >= 15 is 0 Å². The minimum atomic E-state index is -0.262. The van der Waals surface area contributed by atoms with Crippen LogP contribution in [0.1, 0.15) is 17.4 Å². The SMILES string of the molecule is CC(=O)Nc1ccc(NC(=O)c2ncsc2-c2ccccc2)cc1. The molecule has 2 N–H and O–H groups in total. The van der Waals surface area contributed by atoms with Crippen LogP contribution in [0.2, 0.25) is 0 Å². The van der Waals surface area contributed by atoms with E-state index in [0.717, 1.165) is 10.4 Å². The largest absolute Gasteiger partial charge is 0.326 e. The first kappa shape index (κ1) is 15.9. The molecule has 0 bridgehead atoms. The van der Waals surface area contributed by atoms with Crippen LogP contribution in [0.5, 0.6) is 0 Å². The molecule has 5 nitrogen and oxygen atoms in total. The number of hydrogen-bond acceptors (Lipinski definition) is 4. The number of aromatic nitrogens is 1. The summed E-state index contributed by atoms with van der Waals surface area (Å²) >= 11 is 1.43. The third-order valence-electron chi connectivity index (χ3n) is 3.28. The van der Waals surface area contributed by atoms with Gasteiger partial charge in [0.2, 0.25) is 5.91 Å². The van der Waals surface area contributed by atoms with Crippen molar-refractivity contribution in [3.8, 4) is 10.4 Å². The molecule has 1 aromatic heterocycles. The van der Waals surface area contributed by atoms with E-state index in [1.54, 1.807) is 29.8 Å². The molecular formula is C18H15N3O2S. The molecule has 2 aromatic carbocycles. The molecule has 0 aliphatic carbocycles. The summed E-state index contributed by atoms with van der Waals surface area (Å²) in [6.45, 7) is 1.45. The molecule has 6 heteroatoms. The number of thiazole rings is 1. The van der Waals surface area contributed by atoms with Crippen molar-refractivity contribution < 1.29 is 9.59 Å². The zero-order valence-electron chi connectivity index (χ0n) is 12.9. The Morgan fingerprint density at radius 1 is 0.917 bits per heavy atom. The third-order valence-corrected chi connectivity index (χ3v) is 4.16. The van der Waals surface area contributed by atoms with Gasteiger partial charge in [-0.3, -0.25) is 9.59 Å². The van der Waals surface area contributed by atoms with Gasteiger partial charge in [0, 0.05) is 18.3 Å². The minimum Gasteiger partial charge on any atom is -0.326 e. The molecule has 0 spiro atoms. The summed E-state index contributed by atoms with van der Waals surface area (Å²) in [4.78, 5) is 28.5. The fourth-order valence-electron chi connectivity index (χ4n) is 2.23. The van der Waals surface area contributed by atoms with Crippen LogP contribution in [0.4, 0.5) is 11.4 Å². The van der Waals surface area contributed by atoms with Crippen LogP contribution >= 0.6 is 11.3 Å². The first-order chi connectivity index (χ1) is 11.6. The summed E-state index contributed by atoms with van der Waals surface area (Å²) < 4.78 is 0. The highest BCUT2D eigenvalue weighted by atomic mass is 32.1. The number of nitrogens with one attached hydrogen (secondary N) is 2. The van der Waals surface area contributed by atoms with Gasteiger partial charge in [-0.2, -0.15) is 0 Å². The maximum absolute atomic E-state index is 12.5.